The molecule has 3 aromatic rings. The summed E-state index contributed by atoms with van der Waals surface area (Å²) in [5.74, 6) is -1.47. The molecule has 1 aliphatic heterocycles. The second kappa shape index (κ2) is 11.1. The van der Waals surface area contributed by atoms with E-state index >= 15 is 0 Å². The van der Waals surface area contributed by atoms with Crippen LogP contribution in [0.3, 0.4) is 0 Å². The lowest BCUT2D eigenvalue weighted by molar-refractivity contribution is -0.670. The van der Waals surface area contributed by atoms with Gasteiger partial charge in [-0.25, -0.2) is 17.6 Å². The molecule has 17 heteroatoms. The van der Waals surface area contributed by atoms with Crippen molar-refractivity contribution in [2.24, 2.45) is 0 Å². The Morgan fingerprint density at radius 2 is 1.47 bits per heavy atom. The topological polar surface area (TPSA) is 72.5 Å². The quantitative estimate of drug-likeness (QED) is 0.173. The summed E-state index contributed by atoms with van der Waals surface area (Å²) < 4.78 is 158. The molecule has 0 saturated heterocycles. The maximum Gasteiger partial charge on any atom is 0.416 e. The van der Waals surface area contributed by atoms with Gasteiger partial charge in [0.25, 0.3) is 5.82 Å². The van der Waals surface area contributed by atoms with Gasteiger partial charge in [0, 0.05) is 18.7 Å². The Labute approximate surface area is 239 Å². The zero-order chi connectivity index (χ0) is 32.1. The van der Waals surface area contributed by atoms with Crippen molar-refractivity contribution < 1.29 is 57.1 Å². The summed E-state index contributed by atoms with van der Waals surface area (Å²) in [6, 6.07) is 4.95. The fraction of sp³-hybridized carbons (Fsp3) is 0.346. The number of fused-ring (bicyclic) bond motifs is 2. The average Bonchev–Trinajstić information content (AvgIpc) is 3.31. The van der Waals surface area contributed by atoms with Crippen LogP contribution in [0, 0.1) is 0 Å². The van der Waals surface area contributed by atoms with E-state index in [0.29, 0.717) is 17.0 Å². The molecule has 2 heterocycles. The minimum absolute atomic E-state index is 0.0518. The van der Waals surface area contributed by atoms with Crippen LogP contribution in [0.15, 0.2) is 54.4 Å². The Kier molecular flexibility index (Phi) is 8.29. The van der Waals surface area contributed by atoms with Crippen molar-refractivity contribution in [3.05, 3.63) is 71.3 Å². The molecule has 0 saturated carbocycles. The molecule has 0 fully saturated rings. The first kappa shape index (κ1) is 32.2. The third kappa shape index (κ3) is 6.76. The van der Waals surface area contributed by atoms with E-state index in [-0.39, 0.29) is 47.1 Å². The van der Waals surface area contributed by atoms with Gasteiger partial charge in [0.1, 0.15) is 22.5 Å². The number of nitrogens with zero attached hydrogens (tertiary/aromatic N) is 4. The number of hydrogen-bond donors (Lipinski definition) is 0. The summed E-state index contributed by atoms with van der Waals surface area (Å²) >= 11 is 0. The standard InChI is InChI=1S/C26H23F9N4O3S/c1-3-36-18-10-8-16(25(30,31)32)12-20(18)38(14-24(27,28)29)22(36)6-5-7-23-37(4-2)19-11-9-17(26(33,34)35)13-21(19)39(23)15-43(40,41)42/h5-13H,3-4,14-15H2,1-2H3. The first-order valence-electron chi connectivity index (χ1n) is 12.5. The minimum Gasteiger partial charge on any atom is -0.745 e. The van der Waals surface area contributed by atoms with Crippen LogP contribution in [-0.2, 0) is 34.9 Å². The molecule has 0 atom stereocenters. The third-order valence-electron chi connectivity index (χ3n) is 6.62. The van der Waals surface area contributed by atoms with Crippen molar-refractivity contribution >= 4 is 38.6 Å². The van der Waals surface area contributed by atoms with Gasteiger partial charge in [0.15, 0.2) is 16.9 Å². The van der Waals surface area contributed by atoms with E-state index < -0.39 is 52.2 Å². The predicted octanol–water partition coefficient (Wildman–Crippen LogP) is 6.25. The van der Waals surface area contributed by atoms with Gasteiger partial charge in [-0.1, -0.05) is 6.08 Å². The van der Waals surface area contributed by atoms with Crippen molar-refractivity contribution in [2.75, 3.05) is 22.9 Å². The molecule has 1 aliphatic rings. The van der Waals surface area contributed by atoms with Crippen LogP contribution in [0.1, 0.15) is 30.8 Å². The molecule has 2 aromatic carbocycles. The van der Waals surface area contributed by atoms with Crippen molar-refractivity contribution in [1.82, 2.24) is 4.57 Å². The molecule has 1 aromatic heterocycles. The molecule has 43 heavy (non-hydrogen) atoms. The molecular formula is C26H23F9N4O3S. The predicted molar refractivity (Wildman–Crippen MR) is 137 cm³/mol. The van der Waals surface area contributed by atoms with Crippen LogP contribution in [0.25, 0.3) is 17.1 Å². The van der Waals surface area contributed by atoms with E-state index in [1.165, 1.54) is 21.6 Å². The molecule has 4 rings (SSSR count). The van der Waals surface area contributed by atoms with Crippen LogP contribution in [0.2, 0.25) is 0 Å². The SMILES string of the molecule is CCN1/C(=C\C=C\c2n(CS(=O)(=O)[O-])c3cc(C(F)(F)F)ccc3[n+]2CC)N(CC(F)(F)F)c2cc(C(F)(F)F)ccc21. The van der Waals surface area contributed by atoms with Gasteiger partial charge in [0.05, 0.1) is 29.0 Å². The number of hydrogen-bond acceptors (Lipinski definition) is 5. The summed E-state index contributed by atoms with van der Waals surface area (Å²) in [5, 5.41) is 0. The molecular weight excluding hydrogens is 619 g/mol. The minimum atomic E-state index is -5.03. The number of allylic oxidation sites excluding steroid dienone is 2. The van der Waals surface area contributed by atoms with Crippen LogP contribution < -0.4 is 14.4 Å². The van der Waals surface area contributed by atoms with Gasteiger partial charge in [-0.2, -0.15) is 39.5 Å². The fourth-order valence-corrected chi connectivity index (χ4v) is 5.55. The zero-order valence-corrected chi connectivity index (χ0v) is 23.2. The molecule has 0 amide bonds. The number of rotatable bonds is 7. The number of halogens is 9. The number of aryl methyl sites for hydroxylation is 1. The summed E-state index contributed by atoms with van der Waals surface area (Å²) in [6.07, 6.45) is -10.9. The largest absolute Gasteiger partial charge is 0.745 e. The molecule has 0 spiro atoms. The molecule has 0 aliphatic carbocycles. The molecule has 7 nitrogen and oxygen atoms in total. The molecule has 0 unspecified atom stereocenters. The Hall–Kier alpha value is -3.73. The van der Waals surface area contributed by atoms with Crippen LogP contribution in [0.4, 0.5) is 50.9 Å². The second-order valence-electron chi connectivity index (χ2n) is 9.45. The molecule has 0 N–H and O–H groups in total. The molecule has 234 valence electrons. The van der Waals surface area contributed by atoms with Gasteiger partial charge >= 0.3 is 18.5 Å². The highest BCUT2D eigenvalue weighted by molar-refractivity contribution is 7.84. The lowest BCUT2D eigenvalue weighted by Crippen LogP contribution is -2.36. The Balaban J connectivity index is 1.89. The van der Waals surface area contributed by atoms with Crippen molar-refractivity contribution in [3.63, 3.8) is 0 Å². The van der Waals surface area contributed by atoms with E-state index in [9.17, 15) is 52.5 Å². The van der Waals surface area contributed by atoms with E-state index in [4.69, 9.17) is 0 Å². The van der Waals surface area contributed by atoms with Gasteiger partial charge in [-0.15, -0.1) is 0 Å². The normalized spacial score (nSPS) is 15.9. The van der Waals surface area contributed by atoms with Crippen LogP contribution in [-0.4, -0.2) is 36.8 Å². The van der Waals surface area contributed by atoms with Crippen molar-refractivity contribution in [1.29, 1.82) is 0 Å². The van der Waals surface area contributed by atoms with Gasteiger partial charge < -0.3 is 14.4 Å². The molecule has 0 bridgehead atoms. The number of benzene rings is 2. The van der Waals surface area contributed by atoms with Crippen LogP contribution >= 0.6 is 0 Å². The summed E-state index contributed by atoms with van der Waals surface area (Å²) in [4.78, 5) is 1.99. The Morgan fingerprint density at radius 3 is 2.00 bits per heavy atom. The maximum absolute atomic E-state index is 13.6. The lowest BCUT2D eigenvalue weighted by Gasteiger charge is -2.25. The fourth-order valence-electron chi connectivity index (χ4n) is 4.96. The van der Waals surface area contributed by atoms with E-state index in [0.717, 1.165) is 34.9 Å². The van der Waals surface area contributed by atoms with E-state index in [1.54, 1.807) is 13.8 Å². The second-order valence-corrected chi connectivity index (χ2v) is 10.8. The Morgan fingerprint density at radius 1 is 0.860 bits per heavy atom. The maximum atomic E-state index is 13.6. The number of aromatic nitrogens is 2. The number of anilines is 2. The average molecular weight is 643 g/mol. The third-order valence-corrected chi connectivity index (χ3v) is 7.20. The summed E-state index contributed by atoms with van der Waals surface area (Å²) in [7, 11) is -5.03. The smallest absolute Gasteiger partial charge is 0.416 e. The van der Waals surface area contributed by atoms with Crippen molar-refractivity contribution in [2.45, 2.75) is 44.8 Å². The first-order valence-corrected chi connectivity index (χ1v) is 14.1. The van der Waals surface area contributed by atoms with Crippen molar-refractivity contribution in [3.8, 4) is 0 Å². The van der Waals surface area contributed by atoms with E-state index in [2.05, 4.69) is 0 Å². The van der Waals surface area contributed by atoms with Crippen LogP contribution in [0.5, 0.6) is 0 Å². The zero-order valence-electron chi connectivity index (χ0n) is 22.3. The highest BCUT2D eigenvalue weighted by atomic mass is 32.2. The van der Waals surface area contributed by atoms with Gasteiger partial charge in [0.2, 0.25) is 0 Å². The Bertz CT molecular complexity index is 1710. The highest BCUT2D eigenvalue weighted by Crippen LogP contribution is 2.45. The van der Waals surface area contributed by atoms with Gasteiger partial charge in [-0.05, 0) is 50.3 Å². The highest BCUT2D eigenvalue weighted by Gasteiger charge is 2.41. The lowest BCUT2D eigenvalue weighted by atomic mass is 10.1. The monoisotopic (exact) mass is 642 g/mol. The number of alkyl halides is 9. The van der Waals surface area contributed by atoms with E-state index in [1.807, 2.05) is 0 Å². The molecule has 0 radical (unpaired) electrons. The summed E-state index contributed by atoms with van der Waals surface area (Å²) in [6.45, 7) is 1.67. The first-order chi connectivity index (χ1) is 19.7. The summed E-state index contributed by atoms with van der Waals surface area (Å²) in [5.41, 5.74) is -2.61. The number of imidazole rings is 1. The van der Waals surface area contributed by atoms with Gasteiger partial charge in [-0.3, -0.25) is 0 Å².